The van der Waals surface area contributed by atoms with Gasteiger partial charge in [-0.25, -0.2) is 14.8 Å². The number of benzene rings is 1. The van der Waals surface area contributed by atoms with Crippen molar-refractivity contribution in [2.45, 2.75) is 0 Å². The quantitative estimate of drug-likeness (QED) is 0.744. The molecular weight excluding hydrogens is 314 g/mol. The standard InChI is InChI=1S/C15H13N5O4/c1-23-15(22)20-6-8(14(17)21)13-9(20)3-2-4-10(13)24-12-5-11(16)18-7-19-12/h2-7H,1H3,(H2,17,21)(H2,16,18,19). The number of amides is 1. The third-order valence-electron chi connectivity index (χ3n) is 3.31. The zero-order chi connectivity index (χ0) is 17.3. The summed E-state index contributed by atoms with van der Waals surface area (Å²) in [5.74, 6) is 0.00799. The predicted octanol–water partition coefficient (Wildman–Crippen LogP) is 1.52. The molecule has 0 aliphatic rings. The smallest absolute Gasteiger partial charge is 0.418 e. The molecular formula is C15H13N5O4. The highest BCUT2D eigenvalue weighted by Crippen LogP contribution is 2.33. The van der Waals surface area contributed by atoms with Crippen LogP contribution >= 0.6 is 0 Å². The van der Waals surface area contributed by atoms with Crippen molar-refractivity contribution >= 4 is 28.7 Å². The fraction of sp³-hybridized carbons (Fsp3) is 0.0667. The summed E-state index contributed by atoms with van der Waals surface area (Å²) in [6, 6.07) is 6.35. The van der Waals surface area contributed by atoms with E-state index < -0.39 is 12.0 Å². The molecule has 24 heavy (non-hydrogen) atoms. The molecule has 0 bridgehead atoms. The minimum absolute atomic E-state index is 0.119. The van der Waals surface area contributed by atoms with Crippen molar-refractivity contribution in [3.8, 4) is 11.6 Å². The first kappa shape index (κ1) is 15.3. The Bertz CT molecular complexity index is 950. The molecule has 0 fully saturated rings. The second-order valence-electron chi connectivity index (χ2n) is 4.78. The molecule has 0 spiro atoms. The molecule has 0 unspecified atom stereocenters. The fourth-order valence-electron chi connectivity index (χ4n) is 2.30. The third kappa shape index (κ3) is 2.58. The highest BCUT2D eigenvalue weighted by molar-refractivity contribution is 6.10. The average Bonchev–Trinajstić information content (AvgIpc) is 2.95. The van der Waals surface area contributed by atoms with Gasteiger partial charge in [0.25, 0.3) is 5.91 Å². The highest BCUT2D eigenvalue weighted by atomic mass is 16.5. The molecule has 0 atom stereocenters. The summed E-state index contributed by atoms with van der Waals surface area (Å²) < 4.78 is 11.6. The van der Waals surface area contributed by atoms with Crippen molar-refractivity contribution in [3.05, 3.63) is 42.4 Å². The van der Waals surface area contributed by atoms with Gasteiger partial charge < -0.3 is 20.9 Å². The second kappa shape index (κ2) is 5.88. The van der Waals surface area contributed by atoms with Crippen LogP contribution in [0.15, 0.2) is 36.8 Å². The van der Waals surface area contributed by atoms with Crippen molar-refractivity contribution in [1.82, 2.24) is 14.5 Å². The van der Waals surface area contributed by atoms with Gasteiger partial charge in [0.05, 0.1) is 23.6 Å². The Balaban J connectivity index is 2.20. The lowest BCUT2D eigenvalue weighted by Crippen LogP contribution is -2.12. The number of carbonyl (C=O) groups is 2. The molecule has 9 heteroatoms. The summed E-state index contributed by atoms with van der Waals surface area (Å²) in [7, 11) is 1.24. The SMILES string of the molecule is COC(=O)n1cc(C(N)=O)c2c(Oc3cc(N)ncn3)cccc21. The average molecular weight is 327 g/mol. The Morgan fingerprint density at radius 3 is 2.71 bits per heavy atom. The van der Waals surface area contributed by atoms with Crippen molar-refractivity contribution < 1.29 is 19.1 Å². The van der Waals surface area contributed by atoms with E-state index in [-0.39, 0.29) is 17.3 Å². The van der Waals surface area contributed by atoms with Gasteiger partial charge in [0.2, 0.25) is 5.88 Å². The van der Waals surface area contributed by atoms with Crippen LogP contribution in [0.5, 0.6) is 11.6 Å². The minimum atomic E-state index is -0.707. The molecule has 9 nitrogen and oxygen atoms in total. The van der Waals surface area contributed by atoms with Gasteiger partial charge in [-0.1, -0.05) is 6.07 Å². The lowest BCUT2D eigenvalue weighted by Gasteiger charge is -2.08. The van der Waals surface area contributed by atoms with Crippen molar-refractivity contribution in [3.63, 3.8) is 0 Å². The third-order valence-corrected chi connectivity index (χ3v) is 3.31. The van der Waals surface area contributed by atoms with Gasteiger partial charge in [0.1, 0.15) is 17.9 Å². The maximum atomic E-state index is 11.9. The summed E-state index contributed by atoms with van der Waals surface area (Å²) in [5.41, 5.74) is 11.5. The molecule has 2 heterocycles. The van der Waals surface area contributed by atoms with E-state index in [2.05, 4.69) is 9.97 Å². The number of methoxy groups -OCH3 is 1. The van der Waals surface area contributed by atoms with E-state index in [1.54, 1.807) is 18.2 Å². The number of anilines is 1. The van der Waals surface area contributed by atoms with Crippen LogP contribution in [-0.4, -0.2) is 33.6 Å². The highest BCUT2D eigenvalue weighted by Gasteiger charge is 2.20. The monoisotopic (exact) mass is 327 g/mol. The van der Waals surface area contributed by atoms with E-state index in [1.807, 2.05) is 0 Å². The van der Waals surface area contributed by atoms with Crippen LogP contribution in [0.4, 0.5) is 10.6 Å². The number of primary amides is 1. The number of hydrogen-bond donors (Lipinski definition) is 2. The Labute approximate surface area is 135 Å². The van der Waals surface area contributed by atoms with E-state index in [1.165, 1.54) is 30.3 Å². The topological polar surface area (TPSA) is 135 Å². The maximum Gasteiger partial charge on any atom is 0.418 e. The number of nitrogen functional groups attached to an aromatic ring is 1. The number of fused-ring (bicyclic) bond motifs is 1. The molecule has 0 saturated heterocycles. The van der Waals surface area contributed by atoms with E-state index in [0.717, 1.165) is 0 Å². The number of nitrogens with two attached hydrogens (primary N) is 2. The zero-order valence-electron chi connectivity index (χ0n) is 12.6. The van der Waals surface area contributed by atoms with E-state index >= 15 is 0 Å². The first-order valence-electron chi connectivity index (χ1n) is 6.79. The van der Waals surface area contributed by atoms with Gasteiger partial charge in [-0.3, -0.25) is 9.36 Å². The van der Waals surface area contributed by atoms with Gasteiger partial charge >= 0.3 is 6.09 Å². The predicted molar refractivity (Wildman–Crippen MR) is 84.8 cm³/mol. The van der Waals surface area contributed by atoms with Crippen LogP contribution in [-0.2, 0) is 4.74 Å². The van der Waals surface area contributed by atoms with Gasteiger partial charge in [-0.05, 0) is 12.1 Å². The summed E-state index contributed by atoms with van der Waals surface area (Å²) in [6.07, 6.45) is 1.90. The zero-order valence-corrected chi connectivity index (χ0v) is 12.6. The van der Waals surface area contributed by atoms with E-state index in [9.17, 15) is 9.59 Å². The summed E-state index contributed by atoms with van der Waals surface area (Å²) in [6.45, 7) is 0. The van der Waals surface area contributed by atoms with Crippen LogP contribution in [0.1, 0.15) is 10.4 Å². The fourth-order valence-corrected chi connectivity index (χ4v) is 2.30. The van der Waals surface area contributed by atoms with Crippen LogP contribution in [0.2, 0.25) is 0 Å². The van der Waals surface area contributed by atoms with Gasteiger partial charge in [0, 0.05) is 12.3 Å². The Kier molecular flexibility index (Phi) is 3.74. The number of nitrogens with zero attached hydrogens (tertiary/aromatic N) is 3. The molecule has 4 N–H and O–H groups in total. The van der Waals surface area contributed by atoms with Crippen LogP contribution in [0, 0.1) is 0 Å². The number of rotatable bonds is 3. The number of carbonyl (C=O) groups excluding carboxylic acids is 2. The van der Waals surface area contributed by atoms with Crippen molar-refractivity contribution in [2.75, 3.05) is 12.8 Å². The molecule has 0 aliphatic carbocycles. The normalized spacial score (nSPS) is 10.5. The Morgan fingerprint density at radius 2 is 2.04 bits per heavy atom. The largest absolute Gasteiger partial charge is 0.452 e. The lowest BCUT2D eigenvalue weighted by atomic mass is 10.1. The first-order chi connectivity index (χ1) is 11.5. The van der Waals surface area contributed by atoms with Crippen LogP contribution < -0.4 is 16.2 Å². The maximum absolute atomic E-state index is 11.9. The van der Waals surface area contributed by atoms with Crippen LogP contribution in [0.25, 0.3) is 10.9 Å². The van der Waals surface area contributed by atoms with Crippen LogP contribution in [0.3, 0.4) is 0 Å². The molecule has 122 valence electrons. The molecule has 3 aromatic rings. The molecule has 0 radical (unpaired) electrons. The molecule has 1 amide bonds. The molecule has 0 aliphatic heterocycles. The number of aromatic nitrogens is 3. The number of hydrogen-bond acceptors (Lipinski definition) is 7. The van der Waals surface area contributed by atoms with Crippen molar-refractivity contribution in [2.24, 2.45) is 5.73 Å². The number of ether oxygens (including phenoxy) is 2. The molecule has 2 aromatic heterocycles. The molecule has 1 aromatic carbocycles. The Morgan fingerprint density at radius 1 is 1.25 bits per heavy atom. The first-order valence-corrected chi connectivity index (χ1v) is 6.79. The molecule has 0 saturated carbocycles. The molecule has 3 rings (SSSR count). The van der Waals surface area contributed by atoms with Crippen molar-refractivity contribution in [1.29, 1.82) is 0 Å². The minimum Gasteiger partial charge on any atom is -0.452 e. The lowest BCUT2D eigenvalue weighted by molar-refractivity contribution is 0.100. The summed E-state index contributed by atoms with van der Waals surface area (Å²) in [4.78, 5) is 31.4. The van der Waals surface area contributed by atoms with E-state index in [0.29, 0.717) is 16.7 Å². The summed E-state index contributed by atoms with van der Waals surface area (Å²) >= 11 is 0. The second-order valence-corrected chi connectivity index (χ2v) is 4.78. The van der Waals surface area contributed by atoms with E-state index in [4.69, 9.17) is 20.9 Å². The summed E-state index contributed by atoms with van der Waals surface area (Å²) in [5, 5.41) is 0.368. The van der Waals surface area contributed by atoms with Gasteiger partial charge in [0.15, 0.2) is 0 Å². The van der Waals surface area contributed by atoms with Gasteiger partial charge in [-0.2, -0.15) is 0 Å². The van der Waals surface area contributed by atoms with Gasteiger partial charge in [-0.15, -0.1) is 0 Å². The Hall–Kier alpha value is -3.62.